The highest BCUT2D eigenvalue weighted by molar-refractivity contribution is 7.71. The fourth-order valence-electron chi connectivity index (χ4n) is 2.87. The Hall–Kier alpha value is -3.38. The van der Waals surface area contributed by atoms with E-state index in [0.29, 0.717) is 10.5 Å². The SMILES string of the molecule is O=C(Nc1cccc(-n2cc[nH]c2=S)c1)c1cc2ccccc2cc1O. The highest BCUT2D eigenvalue weighted by Crippen LogP contribution is 2.26. The van der Waals surface area contributed by atoms with Crippen LogP contribution in [-0.4, -0.2) is 20.6 Å². The Morgan fingerprint density at radius 2 is 1.81 bits per heavy atom. The minimum Gasteiger partial charge on any atom is -0.507 e. The van der Waals surface area contributed by atoms with Crippen LogP contribution in [0.3, 0.4) is 0 Å². The summed E-state index contributed by atoms with van der Waals surface area (Å²) in [4.78, 5) is 15.6. The van der Waals surface area contributed by atoms with Crippen molar-refractivity contribution in [2.45, 2.75) is 0 Å². The van der Waals surface area contributed by atoms with Gasteiger partial charge in [-0.15, -0.1) is 0 Å². The summed E-state index contributed by atoms with van der Waals surface area (Å²) in [5, 5.41) is 14.8. The number of nitrogens with zero attached hydrogens (tertiary/aromatic N) is 1. The molecular formula is C20H15N3O2S. The van der Waals surface area contributed by atoms with E-state index >= 15 is 0 Å². The van der Waals surface area contributed by atoms with Crippen molar-refractivity contribution < 1.29 is 9.90 Å². The zero-order valence-electron chi connectivity index (χ0n) is 13.6. The molecule has 1 heterocycles. The highest BCUT2D eigenvalue weighted by Gasteiger charge is 2.13. The van der Waals surface area contributed by atoms with Crippen LogP contribution >= 0.6 is 12.2 Å². The molecule has 26 heavy (non-hydrogen) atoms. The Morgan fingerprint density at radius 1 is 1.04 bits per heavy atom. The fraction of sp³-hybridized carbons (Fsp3) is 0. The third kappa shape index (κ3) is 2.98. The number of imidazole rings is 1. The number of carbonyl (C=O) groups is 1. The number of fused-ring (bicyclic) bond motifs is 1. The molecule has 0 radical (unpaired) electrons. The van der Waals surface area contributed by atoms with Crippen LogP contribution in [0.15, 0.2) is 73.1 Å². The second-order valence-corrected chi connectivity index (χ2v) is 6.24. The second kappa shape index (κ2) is 6.50. The van der Waals surface area contributed by atoms with Crippen LogP contribution in [-0.2, 0) is 0 Å². The topological polar surface area (TPSA) is 70.0 Å². The van der Waals surface area contributed by atoms with E-state index in [9.17, 15) is 9.90 Å². The third-order valence-electron chi connectivity index (χ3n) is 4.14. The number of aromatic amines is 1. The molecule has 4 rings (SSSR count). The second-order valence-electron chi connectivity index (χ2n) is 5.86. The molecule has 128 valence electrons. The average Bonchev–Trinajstić information content (AvgIpc) is 3.07. The standard InChI is InChI=1S/C20H15N3O2S/c24-18-11-14-5-2-1-4-13(14)10-17(18)19(25)22-15-6-3-7-16(12-15)23-9-8-21-20(23)26/h1-12,24H,(H,21,26)(H,22,25). The number of hydrogen-bond acceptors (Lipinski definition) is 3. The van der Waals surface area contributed by atoms with Crippen LogP contribution in [0, 0.1) is 4.77 Å². The summed E-state index contributed by atoms with van der Waals surface area (Å²) in [5.74, 6) is -0.423. The van der Waals surface area contributed by atoms with Gasteiger partial charge in [0.15, 0.2) is 4.77 Å². The van der Waals surface area contributed by atoms with Crippen molar-refractivity contribution in [2.24, 2.45) is 0 Å². The van der Waals surface area contributed by atoms with Crippen molar-refractivity contribution in [2.75, 3.05) is 5.32 Å². The monoisotopic (exact) mass is 361 g/mol. The van der Waals surface area contributed by atoms with Gasteiger partial charge in [0.25, 0.3) is 5.91 Å². The first-order valence-electron chi connectivity index (χ1n) is 8.01. The smallest absolute Gasteiger partial charge is 0.259 e. The maximum atomic E-state index is 12.6. The number of benzene rings is 3. The lowest BCUT2D eigenvalue weighted by molar-refractivity contribution is 0.102. The molecule has 0 aliphatic rings. The maximum Gasteiger partial charge on any atom is 0.259 e. The van der Waals surface area contributed by atoms with Crippen molar-refractivity contribution in [1.82, 2.24) is 9.55 Å². The van der Waals surface area contributed by atoms with Gasteiger partial charge in [0.2, 0.25) is 0 Å². The van der Waals surface area contributed by atoms with Crippen molar-refractivity contribution >= 4 is 34.6 Å². The van der Waals surface area contributed by atoms with Gasteiger partial charge in [0, 0.05) is 23.8 Å². The predicted octanol–water partition coefficient (Wildman–Crippen LogP) is 4.65. The van der Waals surface area contributed by atoms with Crippen molar-refractivity contribution in [1.29, 1.82) is 0 Å². The number of carbonyl (C=O) groups excluding carboxylic acids is 1. The number of aromatic hydroxyl groups is 1. The van der Waals surface area contributed by atoms with Gasteiger partial charge in [0.1, 0.15) is 5.75 Å². The van der Waals surface area contributed by atoms with Gasteiger partial charge in [-0.25, -0.2) is 0 Å². The van der Waals surface area contributed by atoms with Gasteiger partial charge in [0.05, 0.1) is 5.56 Å². The summed E-state index contributed by atoms with van der Waals surface area (Å²) in [6.07, 6.45) is 3.57. The van der Waals surface area contributed by atoms with Crippen LogP contribution in [0.5, 0.6) is 5.75 Å². The van der Waals surface area contributed by atoms with Crippen LogP contribution in [0.25, 0.3) is 16.5 Å². The molecule has 0 saturated carbocycles. The van der Waals surface area contributed by atoms with Gasteiger partial charge in [-0.1, -0.05) is 30.3 Å². The quantitative estimate of drug-likeness (QED) is 0.465. The van der Waals surface area contributed by atoms with E-state index in [-0.39, 0.29) is 17.2 Å². The van der Waals surface area contributed by atoms with Crippen molar-refractivity contribution in [3.63, 3.8) is 0 Å². The molecule has 5 nitrogen and oxygen atoms in total. The lowest BCUT2D eigenvalue weighted by Gasteiger charge is -2.10. The first kappa shape index (κ1) is 16.1. The summed E-state index contributed by atoms with van der Waals surface area (Å²) < 4.78 is 2.37. The Morgan fingerprint density at radius 3 is 2.54 bits per heavy atom. The molecule has 0 spiro atoms. The zero-order valence-corrected chi connectivity index (χ0v) is 14.5. The average molecular weight is 361 g/mol. The normalized spacial score (nSPS) is 10.8. The molecule has 0 aliphatic heterocycles. The van der Waals surface area contributed by atoms with Crippen LogP contribution in [0.1, 0.15) is 10.4 Å². The van der Waals surface area contributed by atoms with E-state index < -0.39 is 0 Å². The molecule has 0 atom stereocenters. The molecule has 3 aromatic carbocycles. The molecule has 1 amide bonds. The number of amides is 1. The van der Waals surface area contributed by atoms with E-state index in [1.165, 1.54) is 0 Å². The van der Waals surface area contributed by atoms with Gasteiger partial charge in [-0.3, -0.25) is 9.36 Å². The Kier molecular flexibility index (Phi) is 4.02. The largest absolute Gasteiger partial charge is 0.507 e. The number of nitrogens with one attached hydrogen (secondary N) is 2. The van der Waals surface area contributed by atoms with E-state index in [0.717, 1.165) is 16.5 Å². The van der Waals surface area contributed by atoms with E-state index in [1.54, 1.807) is 29.0 Å². The third-order valence-corrected chi connectivity index (χ3v) is 4.45. The van der Waals surface area contributed by atoms with Crippen LogP contribution in [0.2, 0.25) is 0 Å². The van der Waals surface area contributed by atoms with Gasteiger partial charge in [-0.2, -0.15) is 0 Å². The number of H-pyrrole nitrogens is 1. The molecule has 0 saturated heterocycles. The summed E-state index contributed by atoms with van der Waals surface area (Å²) in [5.41, 5.74) is 1.67. The Bertz CT molecular complexity index is 1180. The van der Waals surface area contributed by atoms with Crippen molar-refractivity contribution in [3.05, 3.63) is 83.4 Å². The van der Waals surface area contributed by atoms with E-state index in [4.69, 9.17) is 12.2 Å². The zero-order chi connectivity index (χ0) is 18.1. The molecule has 0 bridgehead atoms. The van der Waals surface area contributed by atoms with Gasteiger partial charge >= 0.3 is 0 Å². The minimum atomic E-state index is -0.372. The molecule has 4 aromatic rings. The molecule has 0 aliphatic carbocycles. The fourth-order valence-corrected chi connectivity index (χ4v) is 3.10. The first-order valence-corrected chi connectivity index (χ1v) is 8.42. The molecule has 0 fully saturated rings. The summed E-state index contributed by atoms with van der Waals surface area (Å²) in [6, 6.07) is 18.2. The molecule has 3 N–H and O–H groups in total. The van der Waals surface area contributed by atoms with Gasteiger partial charge in [-0.05, 0) is 53.3 Å². The summed E-state index contributed by atoms with van der Waals surface area (Å²) in [6.45, 7) is 0. The number of hydrogen-bond donors (Lipinski definition) is 3. The molecule has 6 heteroatoms. The number of anilines is 1. The summed E-state index contributed by atoms with van der Waals surface area (Å²) >= 11 is 5.22. The lowest BCUT2D eigenvalue weighted by Crippen LogP contribution is -2.12. The van der Waals surface area contributed by atoms with Gasteiger partial charge < -0.3 is 15.4 Å². The van der Waals surface area contributed by atoms with Crippen LogP contribution in [0.4, 0.5) is 5.69 Å². The predicted molar refractivity (Wildman–Crippen MR) is 105 cm³/mol. The number of rotatable bonds is 3. The number of phenolic OH excluding ortho intramolecular Hbond substituents is 1. The molecule has 0 unspecified atom stereocenters. The molecule has 1 aromatic heterocycles. The van der Waals surface area contributed by atoms with Crippen molar-refractivity contribution in [3.8, 4) is 11.4 Å². The Labute approximate surface area is 154 Å². The summed E-state index contributed by atoms with van der Waals surface area (Å²) in [7, 11) is 0. The van der Waals surface area contributed by atoms with E-state index in [1.807, 2.05) is 48.7 Å². The molecular weight excluding hydrogens is 346 g/mol. The Balaban J connectivity index is 1.66. The highest BCUT2D eigenvalue weighted by atomic mass is 32.1. The maximum absolute atomic E-state index is 12.6. The first-order chi connectivity index (χ1) is 12.6. The minimum absolute atomic E-state index is 0.0507. The number of aromatic nitrogens is 2. The lowest BCUT2D eigenvalue weighted by atomic mass is 10.1. The van der Waals surface area contributed by atoms with Crippen LogP contribution < -0.4 is 5.32 Å². The number of phenols is 1. The van der Waals surface area contributed by atoms with E-state index in [2.05, 4.69) is 10.3 Å².